The monoisotopic (exact) mass is 285 g/mol. The standard InChI is InChI=1S/C18H39NO/c1-4-6-7-8-9-10-11-12-13-14-16-19(15-5-2)17-18(3)20/h18,20H,4-17H2,1-3H3. The van der Waals surface area contributed by atoms with E-state index >= 15 is 0 Å². The van der Waals surface area contributed by atoms with Crippen LogP contribution >= 0.6 is 0 Å². The molecule has 0 spiro atoms. The molecule has 0 aromatic rings. The Balaban J connectivity index is 3.31. The first kappa shape index (κ1) is 19.9. The molecule has 0 heterocycles. The van der Waals surface area contributed by atoms with Gasteiger partial charge >= 0.3 is 0 Å². The Morgan fingerprint density at radius 1 is 0.700 bits per heavy atom. The van der Waals surface area contributed by atoms with E-state index in [1.54, 1.807) is 0 Å². The molecule has 1 unspecified atom stereocenters. The highest BCUT2D eigenvalue weighted by Crippen LogP contribution is 2.11. The average Bonchev–Trinajstić information content (AvgIpc) is 2.40. The molecule has 1 atom stereocenters. The molecule has 0 saturated heterocycles. The third-order valence-corrected chi connectivity index (χ3v) is 3.89. The molecule has 0 amide bonds. The number of hydrogen-bond acceptors (Lipinski definition) is 2. The molecule has 2 nitrogen and oxygen atoms in total. The molecule has 0 bridgehead atoms. The van der Waals surface area contributed by atoms with Gasteiger partial charge in [0.25, 0.3) is 0 Å². The summed E-state index contributed by atoms with van der Waals surface area (Å²) in [5.41, 5.74) is 0. The largest absolute Gasteiger partial charge is 0.392 e. The molecule has 0 aromatic carbocycles. The lowest BCUT2D eigenvalue weighted by molar-refractivity contribution is 0.125. The van der Waals surface area contributed by atoms with E-state index < -0.39 is 0 Å². The second kappa shape index (κ2) is 15.3. The highest BCUT2D eigenvalue weighted by molar-refractivity contribution is 4.61. The van der Waals surface area contributed by atoms with Crippen LogP contribution in [0.4, 0.5) is 0 Å². The Morgan fingerprint density at radius 3 is 1.65 bits per heavy atom. The van der Waals surface area contributed by atoms with Gasteiger partial charge < -0.3 is 10.0 Å². The molecule has 0 aliphatic carbocycles. The predicted octanol–water partition coefficient (Wildman–Crippen LogP) is 5.00. The predicted molar refractivity (Wildman–Crippen MR) is 90.3 cm³/mol. The van der Waals surface area contributed by atoms with Crippen LogP contribution in [0.15, 0.2) is 0 Å². The zero-order valence-corrected chi connectivity index (χ0v) is 14.4. The van der Waals surface area contributed by atoms with Gasteiger partial charge in [0.15, 0.2) is 0 Å². The van der Waals surface area contributed by atoms with Gasteiger partial charge in [-0.3, -0.25) is 0 Å². The van der Waals surface area contributed by atoms with Gasteiger partial charge in [-0.05, 0) is 32.9 Å². The Kier molecular flexibility index (Phi) is 15.3. The van der Waals surface area contributed by atoms with Crippen LogP contribution in [0.3, 0.4) is 0 Å². The lowest BCUT2D eigenvalue weighted by atomic mass is 10.1. The fourth-order valence-corrected chi connectivity index (χ4v) is 2.81. The molecule has 0 aliphatic heterocycles. The summed E-state index contributed by atoms with van der Waals surface area (Å²) in [5, 5.41) is 9.47. The maximum Gasteiger partial charge on any atom is 0.0639 e. The van der Waals surface area contributed by atoms with E-state index in [9.17, 15) is 5.11 Å². The fraction of sp³-hybridized carbons (Fsp3) is 1.00. The maximum atomic E-state index is 9.47. The summed E-state index contributed by atoms with van der Waals surface area (Å²) in [7, 11) is 0. The lowest BCUT2D eigenvalue weighted by Crippen LogP contribution is -2.32. The van der Waals surface area contributed by atoms with Gasteiger partial charge in [-0.15, -0.1) is 0 Å². The summed E-state index contributed by atoms with van der Waals surface area (Å²) in [5.74, 6) is 0. The first-order chi connectivity index (χ1) is 9.70. The molecule has 0 aliphatic rings. The van der Waals surface area contributed by atoms with Crippen LogP contribution in [-0.4, -0.2) is 35.7 Å². The number of nitrogens with zero attached hydrogens (tertiary/aromatic N) is 1. The molecule has 2 heteroatoms. The van der Waals surface area contributed by atoms with Crippen molar-refractivity contribution in [3.8, 4) is 0 Å². The summed E-state index contributed by atoms with van der Waals surface area (Å²) < 4.78 is 0. The molecule has 0 aromatic heterocycles. The highest BCUT2D eigenvalue weighted by Gasteiger charge is 2.06. The molecule has 122 valence electrons. The van der Waals surface area contributed by atoms with Crippen LogP contribution in [0.25, 0.3) is 0 Å². The third kappa shape index (κ3) is 14.3. The maximum absolute atomic E-state index is 9.47. The average molecular weight is 286 g/mol. The van der Waals surface area contributed by atoms with Crippen LogP contribution in [0.2, 0.25) is 0 Å². The third-order valence-electron chi connectivity index (χ3n) is 3.89. The number of unbranched alkanes of at least 4 members (excludes halogenated alkanes) is 9. The molecule has 1 N–H and O–H groups in total. The Hall–Kier alpha value is -0.0800. The van der Waals surface area contributed by atoms with Gasteiger partial charge in [0.2, 0.25) is 0 Å². The van der Waals surface area contributed by atoms with E-state index in [4.69, 9.17) is 0 Å². The van der Waals surface area contributed by atoms with Crippen LogP contribution in [0.1, 0.15) is 91.4 Å². The Labute approximate surface area is 127 Å². The minimum Gasteiger partial charge on any atom is -0.392 e. The number of aliphatic hydroxyl groups is 1. The van der Waals surface area contributed by atoms with Gasteiger partial charge in [0.1, 0.15) is 0 Å². The van der Waals surface area contributed by atoms with Crippen LogP contribution < -0.4 is 0 Å². The van der Waals surface area contributed by atoms with Crippen molar-refractivity contribution >= 4 is 0 Å². The van der Waals surface area contributed by atoms with Crippen LogP contribution in [0.5, 0.6) is 0 Å². The SMILES string of the molecule is CCCCCCCCCCCCN(CCC)CC(C)O. The smallest absolute Gasteiger partial charge is 0.0639 e. The van der Waals surface area contributed by atoms with Gasteiger partial charge in [-0.25, -0.2) is 0 Å². The normalized spacial score (nSPS) is 13.1. The second-order valence-electron chi connectivity index (χ2n) is 6.33. The minimum atomic E-state index is -0.190. The van der Waals surface area contributed by atoms with Crippen molar-refractivity contribution in [3.63, 3.8) is 0 Å². The molecule has 0 radical (unpaired) electrons. The van der Waals surface area contributed by atoms with Crippen molar-refractivity contribution in [2.24, 2.45) is 0 Å². The summed E-state index contributed by atoms with van der Waals surface area (Å²) in [6.07, 6.45) is 14.9. The summed E-state index contributed by atoms with van der Waals surface area (Å²) in [6, 6.07) is 0. The van der Waals surface area contributed by atoms with Crippen LogP contribution in [-0.2, 0) is 0 Å². The number of hydrogen-bond donors (Lipinski definition) is 1. The Bertz CT molecular complexity index is 182. The minimum absolute atomic E-state index is 0.190. The van der Waals surface area contributed by atoms with Gasteiger partial charge in [0.05, 0.1) is 6.10 Å². The highest BCUT2D eigenvalue weighted by atomic mass is 16.3. The van der Waals surface area contributed by atoms with Crippen molar-refractivity contribution in [3.05, 3.63) is 0 Å². The molecule has 0 rings (SSSR count). The lowest BCUT2D eigenvalue weighted by Gasteiger charge is -2.22. The molecular formula is C18H39NO. The van der Waals surface area contributed by atoms with E-state index in [2.05, 4.69) is 18.7 Å². The number of aliphatic hydroxyl groups excluding tert-OH is 1. The van der Waals surface area contributed by atoms with E-state index in [0.29, 0.717) is 0 Å². The van der Waals surface area contributed by atoms with Crippen molar-refractivity contribution in [2.45, 2.75) is 97.5 Å². The summed E-state index contributed by atoms with van der Waals surface area (Å²) >= 11 is 0. The Morgan fingerprint density at radius 2 is 1.20 bits per heavy atom. The number of rotatable bonds is 15. The van der Waals surface area contributed by atoms with E-state index in [-0.39, 0.29) is 6.10 Å². The van der Waals surface area contributed by atoms with Gasteiger partial charge in [-0.1, -0.05) is 71.6 Å². The van der Waals surface area contributed by atoms with Gasteiger partial charge in [-0.2, -0.15) is 0 Å². The molecule has 20 heavy (non-hydrogen) atoms. The zero-order valence-electron chi connectivity index (χ0n) is 14.4. The quantitative estimate of drug-likeness (QED) is 0.428. The van der Waals surface area contributed by atoms with Crippen LogP contribution in [0, 0.1) is 0 Å². The molecular weight excluding hydrogens is 246 g/mol. The second-order valence-corrected chi connectivity index (χ2v) is 6.33. The molecule has 0 fully saturated rings. The molecule has 0 saturated carbocycles. The first-order valence-electron chi connectivity index (χ1n) is 9.11. The van der Waals surface area contributed by atoms with Crippen molar-refractivity contribution in [1.82, 2.24) is 4.90 Å². The van der Waals surface area contributed by atoms with Crippen molar-refractivity contribution in [1.29, 1.82) is 0 Å². The zero-order chi connectivity index (χ0) is 15.1. The van der Waals surface area contributed by atoms with Gasteiger partial charge in [0, 0.05) is 6.54 Å². The summed E-state index contributed by atoms with van der Waals surface area (Å²) in [4.78, 5) is 2.41. The fourth-order valence-electron chi connectivity index (χ4n) is 2.81. The van der Waals surface area contributed by atoms with E-state index in [1.807, 2.05) is 6.92 Å². The first-order valence-corrected chi connectivity index (χ1v) is 9.11. The topological polar surface area (TPSA) is 23.5 Å². The van der Waals surface area contributed by atoms with E-state index in [0.717, 1.165) is 19.6 Å². The van der Waals surface area contributed by atoms with E-state index in [1.165, 1.54) is 70.6 Å². The van der Waals surface area contributed by atoms with Crippen molar-refractivity contribution < 1.29 is 5.11 Å². The van der Waals surface area contributed by atoms with Crippen molar-refractivity contribution in [2.75, 3.05) is 19.6 Å². The summed E-state index contributed by atoms with van der Waals surface area (Å²) in [6.45, 7) is 9.51.